The van der Waals surface area contributed by atoms with Crippen LogP contribution in [0, 0.1) is 18.8 Å². The minimum Gasteiger partial charge on any atom is -0.482 e. The summed E-state index contributed by atoms with van der Waals surface area (Å²) in [6, 6.07) is 9.98. The van der Waals surface area contributed by atoms with Gasteiger partial charge in [-0.2, -0.15) is 4.98 Å². The SMILES string of the molecule is Cc1cc(N2C[C@H]3CC[C@@H](C2)C3Nc2nc3n(n2)CCC[C@H]3Oc2ccc(Cl)cc2)ncn1. The number of nitrogens with zero attached hydrogens (tertiary/aromatic N) is 6. The second kappa shape index (κ2) is 8.48. The third-order valence-corrected chi connectivity index (χ3v) is 7.41. The quantitative estimate of drug-likeness (QED) is 0.602. The topological polar surface area (TPSA) is 81.0 Å². The fourth-order valence-electron chi connectivity index (χ4n) is 5.57. The first-order chi connectivity index (χ1) is 16.1. The molecule has 1 aromatic carbocycles. The van der Waals surface area contributed by atoms with Crippen molar-refractivity contribution in [1.29, 1.82) is 0 Å². The third-order valence-electron chi connectivity index (χ3n) is 7.16. The van der Waals surface area contributed by atoms with Crippen LogP contribution in [-0.2, 0) is 6.54 Å². The van der Waals surface area contributed by atoms with Gasteiger partial charge in [0.05, 0.1) is 0 Å². The maximum absolute atomic E-state index is 6.24. The van der Waals surface area contributed by atoms with Crippen molar-refractivity contribution in [3.8, 4) is 5.75 Å². The molecule has 0 amide bonds. The minimum atomic E-state index is -0.0949. The van der Waals surface area contributed by atoms with E-state index >= 15 is 0 Å². The van der Waals surface area contributed by atoms with Gasteiger partial charge >= 0.3 is 0 Å². The predicted molar refractivity (Wildman–Crippen MR) is 127 cm³/mol. The Morgan fingerprint density at radius 1 is 1.06 bits per heavy atom. The number of aryl methyl sites for hydroxylation is 2. The van der Waals surface area contributed by atoms with Crippen LogP contribution in [0.25, 0.3) is 0 Å². The van der Waals surface area contributed by atoms with Gasteiger partial charge in [-0.15, -0.1) is 5.10 Å². The van der Waals surface area contributed by atoms with Crippen LogP contribution >= 0.6 is 11.6 Å². The van der Waals surface area contributed by atoms with Gasteiger partial charge in [-0.3, -0.25) is 0 Å². The number of anilines is 2. The summed E-state index contributed by atoms with van der Waals surface area (Å²) in [5.41, 5.74) is 1.01. The lowest BCUT2D eigenvalue weighted by Gasteiger charge is -2.38. The van der Waals surface area contributed by atoms with E-state index in [4.69, 9.17) is 26.4 Å². The highest BCUT2D eigenvalue weighted by molar-refractivity contribution is 6.30. The Kier molecular flexibility index (Phi) is 5.32. The zero-order valence-corrected chi connectivity index (χ0v) is 19.4. The normalized spacial score (nSPS) is 26.2. The first-order valence-corrected chi connectivity index (χ1v) is 12.2. The Morgan fingerprint density at radius 3 is 2.61 bits per heavy atom. The van der Waals surface area contributed by atoms with Crippen LogP contribution in [0.1, 0.15) is 43.3 Å². The molecule has 4 atom stereocenters. The largest absolute Gasteiger partial charge is 0.482 e. The summed E-state index contributed by atoms with van der Waals surface area (Å²) in [4.78, 5) is 16.0. The molecule has 2 aromatic heterocycles. The highest BCUT2D eigenvalue weighted by atomic mass is 35.5. The molecule has 3 aliphatic rings. The average Bonchev–Trinajstić information content (AvgIpc) is 3.32. The van der Waals surface area contributed by atoms with Crippen LogP contribution in [0.4, 0.5) is 11.8 Å². The molecule has 4 heterocycles. The number of hydrogen-bond acceptors (Lipinski definition) is 7. The number of rotatable bonds is 5. The van der Waals surface area contributed by atoms with E-state index < -0.39 is 0 Å². The molecule has 1 N–H and O–H groups in total. The summed E-state index contributed by atoms with van der Waals surface area (Å²) >= 11 is 6.01. The van der Waals surface area contributed by atoms with Crippen molar-refractivity contribution in [1.82, 2.24) is 24.7 Å². The van der Waals surface area contributed by atoms with Gasteiger partial charge in [-0.25, -0.2) is 14.6 Å². The molecule has 2 bridgehead atoms. The molecule has 172 valence electrons. The molecule has 2 aliphatic heterocycles. The van der Waals surface area contributed by atoms with Gasteiger partial charge in [0.15, 0.2) is 11.9 Å². The Labute approximate surface area is 198 Å². The molecule has 2 fully saturated rings. The Hall–Kier alpha value is -2.87. The van der Waals surface area contributed by atoms with Gasteiger partial charge in [-0.05, 0) is 68.7 Å². The van der Waals surface area contributed by atoms with Crippen LogP contribution in [0.3, 0.4) is 0 Å². The van der Waals surface area contributed by atoms with Crippen molar-refractivity contribution in [3.05, 3.63) is 53.2 Å². The van der Waals surface area contributed by atoms with Gasteiger partial charge in [-0.1, -0.05) is 11.6 Å². The second-order valence-electron chi connectivity index (χ2n) is 9.41. The van der Waals surface area contributed by atoms with Crippen LogP contribution in [0.2, 0.25) is 5.02 Å². The lowest BCUT2D eigenvalue weighted by molar-refractivity contribution is 0.155. The summed E-state index contributed by atoms with van der Waals surface area (Å²) in [6.07, 6.45) is 5.97. The van der Waals surface area contributed by atoms with Gasteiger partial charge < -0.3 is 15.0 Å². The van der Waals surface area contributed by atoms with E-state index in [2.05, 4.69) is 26.3 Å². The third kappa shape index (κ3) is 4.12. The summed E-state index contributed by atoms with van der Waals surface area (Å²) in [5.74, 6) is 4.59. The van der Waals surface area contributed by atoms with Gasteiger partial charge in [0, 0.05) is 42.5 Å². The van der Waals surface area contributed by atoms with E-state index in [0.29, 0.717) is 22.9 Å². The van der Waals surface area contributed by atoms with Crippen LogP contribution in [0.15, 0.2) is 36.7 Å². The number of benzene rings is 1. The molecular weight excluding hydrogens is 438 g/mol. The van der Waals surface area contributed by atoms with E-state index in [1.54, 1.807) is 6.33 Å². The smallest absolute Gasteiger partial charge is 0.242 e. The summed E-state index contributed by atoms with van der Waals surface area (Å²) in [6.45, 7) is 4.90. The maximum Gasteiger partial charge on any atom is 0.242 e. The maximum atomic E-state index is 6.24. The van der Waals surface area contributed by atoms with Crippen LogP contribution in [0.5, 0.6) is 5.75 Å². The first-order valence-electron chi connectivity index (χ1n) is 11.8. The lowest BCUT2D eigenvalue weighted by atomic mass is 9.92. The number of fused-ring (bicyclic) bond motifs is 3. The average molecular weight is 466 g/mol. The number of hydrogen-bond donors (Lipinski definition) is 1. The number of aromatic nitrogens is 5. The van der Waals surface area contributed by atoms with E-state index in [1.165, 1.54) is 12.8 Å². The van der Waals surface area contributed by atoms with Gasteiger partial charge in [0.1, 0.15) is 17.9 Å². The zero-order valence-electron chi connectivity index (χ0n) is 18.7. The fraction of sp³-hybridized carbons (Fsp3) is 0.500. The van der Waals surface area contributed by atoms with Crippen LogP contribution in [-0.4, -0.2) is 43.9 Å². The second-order valence-corrected chi connectivity index (χ2v) is 9.85. The minimum absolute atomic E-state index is 0.0949. The lowest BCUT2D eigenvalue weighted by Crippen LogP contribution is -2.48. The fourth-order valence-corrected chi connectivity index (χ4v) is 5.70. The molecule has 8 nitrogen and oxygen atoms in total. The highest BCUT2D eigenvalue weighted by Crippen LogP contribution is 2.40. The standard InChI is InChI=1S/C24H28ClN7O/c1-15-11-21(27-14-26-15)31-12-16-4-5-17(13-31)22(16)28-24-29-23-20(3-2-10-32(23)30-24)33-19-8-6-18(25)7-9-19/h6-9,11,14,16-17,20,22H,2-5,10,12-13H2,1H3,(H,28,30)/t16-,17+,20-,22?/m1/s1. The summed E-state index contributed by atoms with van der Waals surface area (Å²) in [5, 5.41) is 9.20. The van der Waals surface area contributed by atoms with Crippen molar-refractivity contribution in [2.24, 2.45) is 11.8 Å². The van der Waals surface area contributed by atoms with E-state index in [9.17, 15) is 0 Å². The van der Waals surface area contributed by atoms with Crippen molar-refractivity contribution in [3.63, 3.8) is 0 Å². The monoisotopic (exact) mass is 465 g/mol. The number of halogens is 1. The van der Waals surface area contributed by atoms with E-state index in [1.807, 2.05) is 35.9 Å². The summed E-state index contributed by atoms with van der Waals surface area (Å²) < 4.78 is 8.25. The number of ether oxygens (including phenoxy) is 1. The molecule has 33 heavy (non-hydrogen) atoms. The van der Waals surface area contributed by atoms with Crippen LogP contribution < -0.4 is 15.0 Å². The Balaban J connectivity index is 1.16. The van der Waals surface area contributed by atoms with E-state index in [-0.39, 0.29) is 6.10 Å². The first kappa shape index (κ1) is 20.7. The van der Waals surface area contributed by atoms with Gasteiger partial charge in [0.2, 0.25) is 5.95 Å². The molecule has 1 saturated heterocycles. The van der Waals surface area contributed by atoms with Crippen molar-refractivity contribution >= 4 is 23.4 Å². The highest BCUT2D eigenvalue weighted by Gasteiger charge is 2.43. The molecule has 3 aromatic rings. The molecule has 0 spiro atoms. The predicted octanol–water partition coefficient (Wildman–Crippen LogP) is 4.27. The molecule has 6 rings (SSSR count). The van der Waals surface area contributed by atoms with Crippen molar-refractivity contribution < 1.29 is 4.74 Å². The zero-order chi connectivity index (χ0) is 22.4. The Morgan fingerprint density at radius 2 is 1.85 bits per heavy atom. The molecule has 1 unspecified atom stereocenters. The van der Waals surface area contributed by atoms with Crippen molar-refractivity contribution in [2.45, 2.75) is 51.3 Å². The van der Waals surface area contributed by atoms with Crippen molar-refractivity contribution in [2.75, 3.05) is 23.3 Å². The molecule has 1 aliphatic carbocycles. The van der Waals surface area contributed by atoms with E-state index in [0.717, 1.165) is 61.5 Å². The number of piperidine rings is 1. The Bertz CT molecular complexity index is 1120. The molecular formula is C24H28ClN7O. The molecule has 9 heteroatoms. The van der Waals surface area contributed by atoms with Gasteiger partial charge in [0.25, 0.3) is 0 Å². The number of nitrogens with one attached hydrogen (secondary N) is 1. The molecule has 0 radical (unpaired) electrons. The molecule has 1 saturated carbocycles. The summed E-state index contributed by atoms with van der Waals surface area (Å²) in [7, 11) is 0.